The number of carbonyl (C=O) groups is 1. The van der Waals surface area contributed by atoms with E-state index in [-0.39, 0.29) is 11.5 Å². The summed E-state index contributed by atoms with van der Waals surface area (Å²) in [7, 11) is 0. The molecule has 1 fully saturated rings. The van der Waals surface area contributed by atoms with Crippen molar-refractivity contribution in [1.82, 2.24) is 5.32 Å². The van der Waals surface area contributed by atoms with Crippen molar-refractivity contribution in [2.45, 2.75) is 19.2 Å². The molecule has 1 heterocycles. The van der Waals surface area contributed by atoms with Crippen LogP contribution in [0.4, 0.5) is 17.6 Å². The van der Waals surface area contributed by atoms with Gasteiger partial charge in [0, 0.05) is 5.92 Å². The van der Waals surface area contributed by atoms with E-state index in [4.69, 9.17) is 0 Å². The van der Waals surface area contributed by atoms with Gasteiger partial charge in [0.25, 0.3) is 0 Å². The zero-order valence-corrected chi connectivity index (χ0v) is 10.5. The van der Waals surface area contributed by atoms with E-state index in [0.29, 0.717) is 25.9 Å². The van der Waals surface area contributed by atoms with Crippen molar-refractivity contribution in [3.8, 4) is 5.75 Å². The molecule has 0 unspecified atom stereocenters. The van der Waals surface area contributed by atoms with Crippen molar-refractivity contribution in [2.24, 2.45) is 5.92 Å². The number of alkyl halides is 3. The van der Waals surface area contributed by atoms with Gasteiger partial charge >= 0.3 is 6.36 Å². The Morgan fingerprint density at radius 2 is 1.90 bits per heavy atom. The number of carbonyl (C=O) groups excluding carboxylic acids is 1. The molecule has 1 aromatic rings. The number of benzene rings is 1. The average Bonchev–Trinajstić information content (AvgIpc) is 2.40. The van der Waals surface area contributed by atoms with E-state index in [9.17, 15) is 22.4 Å². The summed E-state index contributed by atoms with van der Waals surface area (Å²) in [4.78, 5) is 12.1. The number of hydrogen-bond acceptors (Lipinski definition) is 3. The monoisotopic (exact) mass is 291 g/mol. The summed E-state index contributed by atoms with van der Waals surface area (Å²) >= 11 is 0. The second-order valence-corrected chi connectivity index (χ2v) is 4.55. The van der Waals surface area contributed by atoms with Gasteiger partial charge in [0.15, 0.2) is 17.3 Å². The van der Waals surface area contributed by atoms with E-state index in [1.165, 1.54) is 12.1 Å². The van der Waals surface area contributed by atoms with Gasteiger partial charge < -0.3 is 10.1 Å². The quantitative estimate of drug-likeness (QED) is 0.687. The number of piperidine rings is 1. The lowest BCUT2D eigenvalue weighted by Crippen LogP contribution is -2.32. The van der Waals surface area contributed by atoms with E-state index in [1.807, 2.05) is 0 Å². The molecule has 1 aliphatic rings. The normalized spacial score (nSPS) is 17.0. The van der Waals surface area contributed by atoms with Crippen LogP contribution in [-0.2, 0) is 0 Å². The molecule has 3 nitrogen and oxygen atoms in total. The van der Waals surface area contributed by atoms with Crippen LogP contribution in [-0.4, -0.2) is 25.2 Å². The van der Waals surface area contributed by atoms with Crippen LogP contribution >= 0.6 is 0 Å². The Bertz CT molecular complexity index is 496. The number of nitrogens with one attached hydrogen (secondary N) is 1. The molecule has 2 rings (SSSR count). The minimum absolute atomic E-state index is 0.348. The Balaban J connectivity index is 2.23. The summed E-state index contributed by atoms with van der Waals surface area (Å²) in [6, 6.07) is 3.21. The minimum Gasteiger partial charge on any atom is -0.403 e. The predicted molar refractivity (Wildman–Crippen MR) is 63.0 cm³/mol. The average molecular weight is 291 g/mol. The minimum atomic E-state index is -4.99. The van der Waals surface area contributed by atoms with Crippen molar-refractivity contribution in [3.05, 3.63) is 29.6 Å². The second-order valence-electron chi connectivity index (χ2n) is 4.55. The van der Waals surface area contributed by atoms with Crippen molar-refractivity contribution in [1.29, 1.82) is 0 Å². The third-order valence-corrected chi connectivity index (χ3v) is 3.16. The van der Waals surface area contributed by atoms with Crippen LogP contribution in [0.2, 0.25) is 0 Å². The number of ether oxygens (including phenoxy) is 1. The number of ketones is 1. The summed E-state index contributed by atoms with van der Waals surface area (Å²) in [5.74, 6) is -3.07. The third-order valence-electron chi connectivity index (χ3n) is 3.16. The fourth-order valence-corrected chi connectivity index (χ4v) is 2.21. The van der Waals surface area contributed by atoms with Gasteiger partial charge in [-0.2, -0.15) is 0 Å². The Morgan fingerprint density at radius 1 is 1.25 bits per heavy atom. The highest BCUT2D eigenvalue weighted by Gasteiger charge is 2.34. The highest BCUT2D eigenvalue weighted by atomic mass is 19.4. The SMILES string of the molecule is O=C(c1cccc(OC(F)(F)F)c1F)C1CCNCC1. The number of Topliss-reactive ketones (excluding diaryl/α,β-unsaturated/α-hetero) is 1. The number of hydrogen-bond donors (Lipinski definition) is 1. The van der Waals surface area contributed by atoms with Crippen molar-refractivity contribution in [3.63, 3.8) is 0 Å². The highest BCUT2D eigenvalue weighted by molar-refractivity contribution is 5.98. The van der Waals surface area contributed by atoms with Gasteiger partial charge in [0.1, 0.15) is 0 Å². The molecule has 0 spiro atoms. The molecule has 0 saturated carbocycles. The lowest BCUT2D eigenvalue weighted by Gasteiger charge is -2.22. The zero-order valence-electron chi connectivity index (χ0n) is 10.5. The highest BCUT2D eigenvalue weighted by Crippen LogP contribution is 2.29. The van der Waals surface area contributed by atoms with Crippen LogP contribution in [0, 0.1) is 11.7 Å². The predicted octanol–water partition coefficient (Wildman–Crippen LogP) is 2.91. The molecule has 0 aliphatic carbocycles. The first-order chi connectivity index (χ1) is 9.38. The van der Waals surface area contributed by atoms with Gasteiger partial charge in [0.2, 0.25) is 0 Å². The third kappa shape index (κ3) is 3.47. The van der Waals surface area contributed by atoms with Gasteiger partial charge in [-0.1, -0.05) is 6.07 Å². The molecular formula is C13H13F4NO2. The molecule has 0 atom stereocenters. The standard InChI is InChI=1S/C13H13F4NO2/c14-11-9(12(19)8-4-6-18-7-5-8)2-1-3-10(11)20-13(15,16)17/h1-3,8,18H,4-7H2. The van der Waals surface area contributed by atoms with Crippen LogP contribution < -0.4 is 10.1 Å². The van der Waals surface area contributed by atoms with Gasteiger partial charge in [0.05, 0.1) is 5.56 Å². The summed E-state index contributed by atoms with van der Waals surface area (Å²) < 4.78 is 53.9. The second kappa shape index (κ2) is 5.78. The van der Waals surface area contributed by atoms with E-state index in [2.05, 4.69) is 10.1 Å². The van der Waals surface area contributed by atoms with Crippen LogP contribution in [0.5, 0.6) is 5.75 Å². The number of rotatable bonds is 3. The van der Waals surface area contributed by atoms with E-state index in [0.717, 1.165) is 6.07 Å². The van der Waals surface area contributed by atoms with Crippen LogP contribution in [0.25, 0.3) is 0 Å². The Hall–Kier alpha value is -1.63. The molecule has 0 aromatic heterocycles. The number of halogens is 4. The molecule has 1 aromatic carbocycles. The van der Waals surface area contributed by atoms with Crippen molar-refractivity contribution in [2.75, 3.05) is 13.1 Å². The van der Waals surface area contributed by atoms with Gasteiger partial charge in [-0.25, -0.2) is 4.39 Å². The molecule has 0 amide bonds. The summed E-state index contributed by atoms with van der Waals surface area (Å²) in [5.41, 5.74) is -0.348. The molecular weight excluding hydrogens is 278 g/mol. The van der Waals surface area contributed by atoms with Crippen LogP contribution in [0.1, 0.15) is 23.2 Å². The summed E-state index contributed by atoms with van der Waals surface area (Å²) in [5, 5.41) is 3.06. The Kier molecular flexibility index (Phi) is 4.27. The van der Waals surface area contributed by atoms with Crippen molar-refractivity contribution >= 4 is 5.78 Å². The summed E-state index contributed by atoms with van der Waals surface area (Å²) in [6.07, 6.45) is -3.90. The molecule has 0 bridgehead atoms. The van der Waals surface area contributed by atoms with Gasteiger partial charge in [-0.3, -0.25) is 4.79 Å². The van der Waals surface area contributed by atoms with E-state index >= 15 is 0 Å². The lowest BCUT2D eigenvalue weighted by atomic mass is 9.89. The van der Waals surface area contributed by atoms with Crippen LogP contribution in [0.15, 0.2) is 18.2 Å². The zero-order chi connectivity index (χ0) is 14.8. The van der Waals surface area contributed by atoms with E-state index in [1.54, 1.807) is 0 Å². The van der Waals surface area contributed by atoms with Gasteiger partial charge in [-0.15, -0.1) is 13.2 Å². The Labute approximate surface area is 112 Å². The topological polar surface area (TPSA) is 38.3 Å². The van der Waals surface area contributed by atoms with Crippen LogP contribution in [0.3, 0.4) is 0 Å². The maximum Gasteiger partial charge on any atom is 0.573 e. The molecule has 1 aliphatic heterocycles. The lowest BCUT2D eigenvalue weighted by molar-refractivity contribution is -0.275. The molecule has 1 saturated heterocycles. The molecule has 110 valence electrons. The summed E-state index contributed by atoms with van der Waals surface area (Å²) in [6.45, 7) is 1.27. The maximum atomic E-state index is 13.9. The molecule has 20 heavy (non-hydrogen) atoms. The molecule has 0 radical (unpaired) electrons. The van der Waals surface area contributed by atoms with Gasteiger partial charge in [-0.05, 0) is 38.1 Å². The fraction of sp³-hybridized carbons (Fsp3) is 0.462. The maximum absolute atomic E-state index is 13.9. The van der Waals surface area contributed by atoms with E-state index < -0.39 is 23.7 Å². The Morgan fingerprint density at radius 3 is 2.50 bits per heavy atom. The fourth-order valence-electron chi connectivity index (χ4n) is 2.21. The smallest absolute Gasteiger partial charge is 0.403 e. The van der Waals surface area contributed by atoms with Crippen molar-refractivity contribution < 1.29 is 27.1 Å². The first-order valence-corrected chi connectivity index (χ1v) is 6.17. The first kappa shape index (κ1) is 14.8. The molecule has 1 N–H and O–H groups in total. The first-order valence-electron chi connectivity index (χ1n) is 6.17. The largest absolute Gasteiger partial charge is 0.573 e. The molecule has 7 heteroatoms.